The van der Waals surface area contributed by atoms with Crippen molar-refractivity contribution < 1.29 is 23.5 Å². The zero-order valence-electron chi connectivity index (χ0n) is 25.5. The van der Waals surface area contributed by atoms with E-state index in [1.807, 2.05) is 20.1 Å². The van der Waals surface area contributed by atoms with Gasteiger partial charge in [0.1, 0.15) is 22.7 Å². The molecule has 2 amide bonds. The predicted octanol–water partition coefficient (Wildman–Crippen LogP) is 5.02. The van der Waals surface area contributed by atoms with Crippen LogP contribution in [0.25, 0.3) is 0 Å². The quantitative estimate of drug-likeness (QED) is 0.204. The summed E-state index contributed by atoms with van der Waals surface area (Å²) in [6, 6.07) is 12.6. The molecule has 0 aliphatic rings. The zero-order chi connectivity index (χ0) is 32.2. The maximum atomic E-state index is 14.0. The number of nitrogens with zero attached hydrogens (tertiary/aromatic N) is 3. The van der Waals surface area contributed by atoms with Crippen molar-refractivity contribution in [3.8, 4) is 6.07 Å². The molecule has 1 aromatic heterocycles. The van der Waals surface area contributed by atoms with Gasteiger partial charge in [0.15, 0.2) is 0 Å². The normalized spacial score (nSPS) is 12.3. The molecule has 0 radical (unpaired) electrons. The molecule has 0 fully saturated rings. The molecule has 2 atom stereocenters. The molecule has 11 heteroatoms. The smallest absolute Gasteiger partial charge is 0.253 e. The third-order valence-corrected chi connectivity index (χ3v) is 7.61. The van der Waals surface area contributed by atoms with E-state index in [1.54, 1.807) is 36.1 Å². The fourth-order valence-electron chi connectivity index (χ4n) is 4.90. The van der Waals surface area contributed by atoms with Gasteiger partial charge in [-0.15, -0.1) is 11.8 Å². The summed E-state index contributed by atoms with van der Waals surface area (Å²) in [5.74, 6) is -2.22. The fraction of sp³-hybridized carbons (Fsp3) is 0.394. The molecule has 44 heavy (non-hydrogen) atoms. The molecule has 0 saturated carbocycles. The molecule has 0 unspecified atom stereocenters. The second kappa shape index (κ2) is 16.9. The number of thioether (sulfide) groups is 1. The first-order valence-electron chi connectivity index (χ1n) is 14.6. The monoisotopic (exact) mass is 623 g/mol. The number of rotatable bonds is 15. The molecule has 3 aromatic rings. The standard InChI is InChI=1S/C33H39F2N5O3S/c1-5-9-40(10-6-2)33(43)25-12-21(3)11-24(16-25)31(42)39-29(15-22-13-26(34)17-27(35)14-22)30(41)20-37-19-28-8-7-23(18-36)32(38-28)44-4/h7-8,11-14,16-17,29-30,37,41H,5-6,9-10,15,19-20H2,1-4H3,(H,39,42)/t29-,30+/m0/s1. The van der Waals surface area contributed by atoms with Crippen LogP contribution in [0.2, 0.25) is 0 Å². The molecule has 8 nitrogen and oxygen atoms in total. The molecule has 0 aliphatic heterocycles. The van der Waals surface area contributed by atoms with Gasteiger partial charge in [-0.05, 0) is 86.0 Å². The highest BCUT2D eigenvalue weighted by atomic mass is 32.2. The van der Waals surface area contributed by atoms with Crippen molar-refractivity contribution in [1.29, 1.82) is 5.26 Å². The van der Waals surface area contributed by atoms with Gasteiger partial charge in [-0.2, -0.15) is 5.26 Å². The Bertz CT molecular complexity index is 1470. The Morgan fingerprint density at radius 1 is 1.05 bits per heavy atom. The van der Waals surface area contributed by atoms with Gasteiger partial charge in [0.2, 0.25) is 0 Å². The van der Waals surface area contributed by atoms with Crippen LogP contribution in [-0.4, -0.2) is 64.8 Å². The molecule has 2 aromatic carbocycles. The minimum Gasteiger partial charge on any atom is -0.390 e. The van der Waals surface area contributed by atoms with Crippen LogP contribution >= 0.6 is 11.8 Å². The number of aromatic nitrogens is 1. The summed E-state index contributed by atoms with van der Waals surface area (Å²) in [5, 5.41) is 26.9. The molecule has 0 spiro atoms. The lowest BCUT2D eigenvalue weighted by Gasteiger charge is -2.25. The number of carbonyl (C=O) groups excluding carboxylic acids is 2. The first kappa shape index (κ1) is 34.6. The van der Waals surface area contributed by atoms with Gasteiger partial charge in [0, 0.05) is 43.4 Å². The minimum absolute atomic E-state index is 0.0274. The number of nitrogens with one attached hydrogen (secondary N) is 2. The first-order chi connectivity index (χ1) is 21.1. The van der Waals surface area contributed by atoms with Crippen LogP contribution < -0.4 is 10.6 Å². The number of hydrogen-bond acceptors (Lipinski definition) is 7. The average Bonchev–Trinajstić information content (AvgIpc) is 2.99. The molecular formula is C33H39F2N5O3S. The highest BCUT2D eigenvalue weighted by Gasteiger charge is 2.24. The number of nitriles is 1. The van der Waals surface area contributed by atoms with E-state index in [-0.39, 0.29) is 36.5 Å². The van der Waals surface area contributed by atoms with E-state index < -0.39 is 29.7 Å². The predicted molar refractivity (Wildman–Crippen MR) is 167 cm³/mol. The largest absolute Gasteiger partial charge is 0.390 e. The Labute approximate surface area is 261 Å². The molecular weight excluding hydrogens is 584 g/mol. The number of hydrogen-bond donors (Lipinski definition) is 3. The molecule has 3 N–H and O–H groups in total. The highest BCUT2D eigenvalue weighted by Crippen LogP contribution is 2.18. The van der Waals surface area contributed by atoms with Crippen LogP contribution in [0.5, 0.6) is 0 Å². The molecule has 0 saturated heterocycles. The lowest BCUT2D eigenvalue weighted by Crippen LogP contribution is -2.48. The molecule has 1 heterocycles. The summed E-state index contributed by atoms with van der Waals surface area (Å²) < 4.78 is 28.0. The van der Waals surface area contributed by atoms with Gasteiger partial charge in [-0.3, -0.25) is 9.59 Å². The fourth-order valence-corrected chi connectivity index (χ4v) is 5.44. The van der Waals surface area contributed by atoms with Gasteiger partial charge in [0.25, 0.3) is 11.8 Å². The Hall–Kier alpha value is -3.85. The average molecular weight is 624 g/mol. The second-order valence-corrected chi connectivity index (χ2v) is 11.4. The first-order valence-corrected chi connectivity index (χ1v) is 15.8. The van der Waals surface area contributed by atoms with Crippen molar-refractivity contribution in [1.82, 2.24) is 20.5 Å². The summed E-state index contributed by atoms with van der Waals surface area (Å²) in [7, 11) is 0. The number of aliphatic hydroxyl groups is 1. The minimum atomic E-state index is -1.15. The van der Waals surface area contributed by atoms with E-state index in [1.165, 1.54) is 17.8 Å². The number of aryl methyl sites for hydroxylation is 1. The van der Waals surface area contributed by atoms with Gasteiger partial charge < -0.3 is 20.6 Å². The van der Waals surface area contributed by atoms with E-state index in [0.29, 0.717) is 34.9 Å². The molecule has 234 valence electrons. The summed E-state index contributed by atoms with van der Waals surface area (Å²) in [6.07, 6.45) is 2.23. The Balaban J connectivity index is 1.81. The number of carbonyl (C=O) groups is 2. The van der Waals surface area contributed by atoms with Crippen LogP contribution in [0, 0.1) is 29.9 Å². The Kier molecular flexibility index (Phi) is 13.3. The maximum absolute atomic E-state index is 14.0. The Morgan fingerprint density at radius 2 is 1.70 bits per heavy atom. The SMILES string of the molecule is CCCN(CCC)C(=O)c1cc(C)cc(C(=O)N[C@@H](Cc2cc(F)cc(F)c2)[C@H](O)CNCc2ccc(C#N)c(SC)n2)c1. The van der Waals surface area contributed by atoms with E-state index in [2.05, 4.69) is 21.7 Å². The lowest BCUT2D eigenvalue weighted by atomic mass is 9.99. The van der Waals surface area contributed by atoms with Crippen LogP contribution in [0.1, 0.15) is 69.8 Å². The lowest BCUT2D eigenvalue weighted by molar-refractivity contribution is 0.0755. The van der Waals surface area contributed by atoms with Crippen molar-refractivity contribution in [2.75, 3.05) is 25.9 Å². The maximum Gasteiger partial charge on any atom is 0.253 e. The topological polar surface area (TPSA) is 118 Å². The van der Waals surface area contributed by atoms with Crippen LogP contribution in [0.4, 0.5) is 8.78 Å². The molecule has 3 rings (SSSR count). The number of aliphatic hydroxyl groups excluding tert-OH is 1. The number of amides is 2. The third kappa shape index (κ3) is 9.84. The van der Waals surface area contributed by atoms with Crippen molar-refractivity contribution in [3.05, 3.63) is 93.7 Å². The van der Waals surface area contributed by atoms with Crippen molar-refractivity contribution in [2.45, 2.75) is 63.8 Å². The van der Waals surface area contributed by atoms with Crippen LogP contribution in [0.15, 0.2) is 53.6 Å². The number of benzene rings is 2. The van der Waals surface area contributed by atoms with Crippen LogP contribution in [0.3, 0.4) is 0 Å². The Morgan fingerprint density at radius 3 is 2.32 bits per heavy atom. The summed E-state index contributed by atoms with van der Waals surface area (Å²) >= 11 is 1.35. The summed E-state index contributed by atoms with van der Waals surface area (Å²) in [4.78, 5) is 33.0. The highest BCUT2D eigenvalue weighted by molar-refractivity contribution is 7.98. The van der Waals surface area contributed by atoms with Crippen molar-refractivity contribution in [3.63, 3.8) is 0 Å². The molecule has 0 bridgehead atoms. The summed E-state index contributed by atoms with van der Waals surface area (Å²) in [6.45, 7) is 7.30. The van der Waals surface area contributed by atoms with E-state index in [9.17, 15) is 28.7 Å². The zero-order valence-corrected chi connectivity index (χ0v) is 26.3. The van der Waals surface area contributed by atoms with Gasteiger partial charge in [-0.1, -0.05) is 13.8 Å². The van der Waals surface area contributed by atoms with E-state index in [4.69, 9.17) is 0 Å². The van der Waals surface area contributed by atoms with Gasteiger partial charge in [0.05, 0.1) is 23.4 Å². The second-order valence-electron chi connectivity index (χ2n) is 10.6. The van der Waals surface area contributed by atoms with Crippen molar-refractivity contribution >= 4 is 23.6 Å². The third-order valence-electron chi connectivity index (χ3n) is 6.91. The summed E-state index contributed by atoms with van der Waals surface area (Å²) in [5.41, 5.74) is 2.74. The van der Waals surface area contributed by atoms with E-state index in [0.717, 1.165) is 36.6 Å². The number of halogens is 2. The van der Waals surface area contributed by atoms with Crippen LogP contribution in [-0.2, 0) is 13.0 Å². The number of pyridine rings is 1. The van der Waals surface area contributed by atoms with Gasteiger partial charge >= 0.3 is 0 Å². The van der Waals surface area contributed by atoms with Crippen molar-refractivity contribution in [2.24, 2.45) is 0 Å². The van der Waals surface area contributed by atoms with Gasteiger partial charge in [-0.25, -0.2) is 13.8 Å². The van der Waals surface area contributed by atoms with E-state index >= 15 is 0 Å². The molecule has 0 aliphatic carbocycles.